The van der Waals surface area contributed by atoms with Gasteiger partial charge in [0.05, 0.1) is 31.6 Å². The smallest absolute Gasteiger partial charge is 0.231 e. The lowest BCUT2D eigenvalue weighted by Gasteiger charge is -2.21. The van der Waals surface area contributed by atoms with Crippen LogP contribution in [0.4, 0.5) is 5.69 Å². The Balaban J connectivity index is 1.53. The van der Waals surface area contributed by atoms with Crippen LogP contribution in [-0.4, -0.2) is 26.9 Å². The largest absolute Gasteiger partial charge is 0.493 e. The molecule has 1 aromatic heterocycles. The number of amides is 1. The second-order valence-corrected chi connectivity index (χ2v) is 9.19. The quantitative estimate of drug-likeness (QED) is 0.391. The monoisotopic (exact) mass is 503 g/mol. The van der Waals surface area contributed by atoms with E-state index in [4.69, 9.17) is 30.5 Å². The molecule has 3 aromatic carbocycles. The van der Waals surface area contributed by atoms with Crippen molar-refractivity contribution in [3.63, 3.8) is 0 Å². The number of ether oxygens (including phenoxy) is 4. The Bertz CT molecular complexity index is 1520. The molecule has 1 amide bonds. The van der Waals surface area contributed by atoms with Gasteiger partial charge in [-0.15, -0.1) is 0 Å². The van der Waals surface area contributed by atoms with E-state index in [0.29, 0.717) is 28.0 Å². The van der Waals surface area contributed by atoms with Crippen LogP contribution in [0.15, 0.2) is 54.7 Å². The summed E-state index contributed by atoms with van der Waals surface area (Å²) in [6.07, 6.45) is 3.08. The molecule has 4 aromatic rings. The van der Waals surface area contributed by atoms with Gasteiger partial charge in [0.2, 0.25) is 18.4 Å². The second-order valence-electron chi connectivity index (χ2n) is 8.76. The molecule has 36 heavy (non-hydrogen) atoms. The number of fused-ring (bicyclic) bond motifs is 5. The molecule has 1 N–H and O–H groups in total. The normalized spacial score (nSPS) is 13.2. The molecule has 3 heterocycles. The summed E-state index contributed by atoms with van der Waals surface area (Å²) in [4.78, 5) is 13.3. The van der Waals surface area contributed by atoms with E-state index >= 15 is 0 Å². The molecule has 6 rings (SSSR count). The number of benzene rings is 3. The number of anilines is 1. The predicted octanol–water partition coefficient (Wildman–Crippen LogP) is 4.93. The molecule has 0 spiro atoms. The Morgan fingerprint density at radius 3 is 2.56 bits per heavy atom. The topological polar surface area (TPSA) is 69.9 Å². The van der Waals surface area contributed by atoms with Crippen molar-refractivity contribution in [1.29, 1.82) is 0 Å². The van der Waals surface area contributed by atoms with Crippen LogP contribution in [-0.2, 0) is 24.2 Å². The Kier molecular flexibility index (Phi) is 5.57. The van der Waals surface area contributed by atoms with Crippen LogP contribution in [0.25, 0.3) is 22.0 Å². The van der Waals surface area contributed by atoms with Gasteiger partial charge in [0, 0.05) is 28.1 Å². The number of nitrogens with one attached hydrogen (secondary N) is 1. The van der Waals surface area contributed by atoms with E-state index in [9.17, 15) is 4.79 Å². The van der Waals surface area contributed by atoms with Crippen molar-refractivity contribution in [2.24, 2.45) is 0 Å². The van der Waals surface area contributed by atoms with E-state index in [2.05, 4.69) is 22.1 Å². The number of hydrogen-bond acceptors (Lipinski definition) is 5. The first kappa shape index (κ1) is 22.5. The third-order valence-corrected chi connectivity index (χ3v) is 6.96. The van der Waals surface area contributed by atoms with Crippen molar-refractivity contribution in [3.05, 3.63) is 70.9 Å². The Morgan fingerprint density at radius 2 is 1.81 bits per heavy atom. The van der Waals surface area contributed by atoms with E-state index in [1.54, 1.807) is 38.5 Å². The molecule has 0 bridgehead atoms. The summed E-state index contributed by atoms with van der Waals surface area (Å²) in [7, 11) is 3.25. The number of rotatable bonds is 5. The van der Waals surface area contributed by atoms with Gasteiger partial charge in [-0.2, -0.15) is 4.57 Å². The van der Waals surface area contributed by atoms with Gasteiger partial charge in [-0.05, 0) is 54.1 Å². The average Bonchev–Trinajstić information content (AvgIpc) is 3.35. The maximum Gasteiger partial charge on any atom is 0.231 e. The van der Waals surface area contributed by atoms with E-state index < -0.39 is 0 Å². The minimum Gasteiger partial charge on any atom is -0.493 e. The Morgan fingerprint density at radius 1 is 1.03 bits per heavy atom. The summed E-state index contributed by atoms with van der Waals surface area (Å²) >= 11 is 6.01. The van der Waals surface area contributed by atoms with Crippen LogP contribution in [0, 0.1) is 0 Å². The standard InChI is InChI=1S/C28H23ClN2O5/c1-33-23-8-7-19-21(13-26(32)30-18-5-3-17(29)4-6-18)27-20-12-25-24(35-15-36-25)11-16(20)9-10-31(27)14-22(19)28(23)34-2/h3-8,11-12,14H,9-10,13,15H2,1-2H3/p+1. The van der Waals surface area contributed by atoms with Crippen molar-refractivity contribution in [2.45, 2.75) is 19.4 Å². The summed E-state index contributed by atoms with van der Waals surface area (Å²) in [6, 6.07) is 15.0. The fourth-order valence-corrected chi connectivity index (χ4v) is 5.21. The molecule has 2 aliphatic heterocycles. The maximum absolute atomic E-state index is 13.3. The van der Waals surface area contributed by atoms with Crippen molar-refractivity contribution in [2.75, 3.05) is 26.3 Å². The number of carbonyl (C=O) groups excluding carboxylic acids is 1. The Labute approximate surface area is 213 Å². The lowest BCUT2D eigenvalue weighted by atomic mass is 9.89. The van der Waals surface area contributed by atoms with Crippen LogP contribution in [0.1, 0.15) is 11.1 Å². The van der Waals surface area contributed by atoms with Crippen molar-refractivity contribution < 1.29 is 28.3 Å². The first-order valence-corrected chi connectivity index (χ1v) is 12.0. The fourth-order valence-electron chi connectivity index (χ4n) is 5.09. The highest BCUT2D eigenvalue weighted by Crippen LogP contribution is 2.43. The summed E-state index contributed by atoms with van der Waals surface area (Å²) in [5.41, 5.74) is 4.78. The number of pyridine rings is 1. The maximum atomic E-state index is 13.3. The molecule has 0 fully saturated rings. The third-order valence-electron chi connectivity index (χ3n) is 6.71. The van der Waals surface area contributed by atoms with Gasteiger partial charge in [-0.3, -0.25) is 4.79 Å². The van der Waals surface area contributed by atoms with Crippen LogP contribution < -0.4 is 28.8 Å². The van der Waals surface area contributed by atoms with Gasteiger partial charge in [0.15, 0.2) is 35.7 Å². The number of carbonyl (C=O) groups is 1. The predicted molar refractivity (Wildman–Crippen MR) is 136 cm³/mol. The molecule has 0 atom stereocenters. The summed E-state index contributed by atoms with van der Waals surface area (Å²) in [5, 5.41) is 5.43. The SMILES string of the molecule is COc1ccc2c(CC(=O)Nc3ccc(Cl)cc3)c3[n+](cc2c1OC)CCc1cc2c(cc1-3)OCO2. The third kappa shape index (κ3) is 3.76. The zero-order valence-electron chi connectivity index (χ0n) is 19.9. The van der Waals surface area contributed by atoms with Gasteiger partial charge >= 0.3 is 0 Å². The molecule has 0 aliphatic carbocycles. The van der Waals surface area contributed by atoms with Crippen molar-refractivity contribution >= 4 is 34.0 Å². The molecule has 8 heteroatoms. The van der Waals surface area contributed by atoms with E-state index in [1.165, 1.54) is 5.56 Å². The summed E-state index contributed by atoms with van der Waals surface area (Å²) in [6.45, 7) is 0.966. The highest BCUT2D eigenvalue weighted by molar-refractivity contribution is 6.30. The average molecular weight is 504 g/mol. The van der Waals surface area contributed by atoms with Gasteiger partial charge in [-0.25, -0.2) is 0 Å². The number of halogens is 1. The van der Waals surface area contributed by atoms with Crippen LogP contribution in [0.5, 0.6) is 23.0 Å². The molecule has 0 saturated heterocycles. The van der Waals surface area contributed by atoms with Gasteiger partial charge in [0.1, 0.15) is 0 Å². The van der Waals surface area contributed by atoms with Crippen molar-refractivity contribution in [3.8, 4) is 34.3 Å². The first-order chi connectivity index (χ1) is 17.6. The Hall–Kier alpha value is -3.97. The van der Waals surface area contributed by atoms with Crippen LogP contribution >= 0.6 is 11.6 Å². The van der Waals surface area contributed by atoms with Gasteiger partial charge in [0.25, 0.3) is 0 Å². The lowest BCUT2D eigenvalue weighted by molar-refractivity contribution is -0.686. The number of aryl methyl sites for hydroxylation is 2. The fraction of sp³-hybridized carbons (Fsp3) is 0.214. The number of nitrogens with zero attached hydrogens (tertiary/aromatic N) is 1. The van der Waals surface area contributed by atoms with E-state index in [0.717, 1.165) is 46.3 Å². The molecular weight excluding hydrogens is 480 g/mol. The van der Waals surface area contributed by atoms with E-state index in [-0.39, 0.29) is 19.1 Å². The minimum atomic E-state index is -0.129. The molecule has 0 saturated carbocycles. The number of aromatic nitrogens is 1. The number of hydrogen-bond donors (Lipinski definition) is 1. The zero-order chi connectivity index (χ0) is 24.8. The van der Waals surface area contributed by atoms with Crippen LogP contribution in [0.3, 0.4) is 0 Å². The molecule has 0 unspecified atom stereocenters. The molecular formula is C28H24ClN2O5+. The molecule has 7 nitrogen and oxygen atoms in total. The summed E-state index contributed by atoms with van der Waals surface area (Å²) in [5.74, 6) is 2.63. The lowest BCUT2D eigenvalue weighted by Crippen LogP contribution is -2.41. The van der Waals surface area contributed by atoms with Crippen LogP contribution in [0.2, 0.25) is 5.02 Å². The highest BCUT2D eigenvalue weighted by Gasteiger charge is 2.33. The zero-order valence-corrected chi connectivity index (χ0v) is 20.6. The highest BCUT2D eigenvalue weighted by atomic mass is 35.5. The van der Waals surface area contributed by atoms with Crippen molar-refractivity contribution in [1.82, 2.24) is 0 Å². The second kappa shape index (κ2) is 8.91. The number of methoxy groups -OCH3 is 2. The summed E-state index contributed by atoms with van der Waals surface area (Å²) < 4.78 is 24.8. The molecule has 182 valence electrons. The first-order valence-electron chi connectivity index (χ1n) is 11.6. The molecule has 0 radical (unpaired) electrons. The van der Waals surface area contributed by atoms with Gasteiger partial charge in [-0.1, -0.05) is 11.6 Å². The van der Waals surface area contributed by atoms with E-state index in [1.807, 2.05) is 18.2 Å². The van der Waals surface area contributed by atoms with Gasteiger partial charge < -0.3 is 24.3 Å². The minimum absolute atomic E-state index is 0.129. The molecule has 2 aliphatic rings.